The van der Waals surface area contributed by atoms with Crippen LogP contribution >= 0.6 is 0 Å². The summed E-state index contributed by atoms with van der Waals surface area (Å²) in [4.78, 5) is 17.7. The molecule has 1 amide bonds. The van der Waals surface area contributed by atoms with Crippen LogP contribution in [0.1, 0.15) is 33.6 Å². The first kappa shape index (κ1) is 15.5. The Balaban J connectivity index is 1.94. The lowest BCUT2D eigenvalue weighted by Gasteiger charge is -2.27. The van der Waals surface area contributed by atoms with Gasteiger partial charge in [0.25, 0.3) is 0 Å². The summed E-state index contributed by atoms with van der Waals surface area (Å²) in [5, 5.41) is 2.75. The molecule has 1 atom stereocenters. The van der Waals surface area contributed by atoms with Crippen molar-refractivity contribution in [1.29, 1.82) is 0 Å². The molecule has 5 nitrogen and oxygen atoms in total. The molecular weight excluding hydrogens is 273 g/mol. The van der Waals surface area contributed by atoms with Gasteiger partial charge in [0.1, 0.15) is 5.60 Å². The number of aromatic nitrogens is 1. The average molecular weight is 295 g/mol. The Labute approximate surface area is 124 Å². The van der Waals surface area contributed by atoms with Gasteiger partial charge in [0, 0.05) is 25.3 Å². The molecule has 0 unspecified atom stereocenters. The minimum Gasteiger partial charge on any atom is -0.444 e. The minimum absolute atomic E-state index is 0.0434. The Morgan fingerprint density at radius 1 is 1.57 bits per heavy atom. The van der Waals surface area contributed by atoms with E-state index in [4.69, 9.17) is 4.74 Å². The zero-order chi connectivity index (χ0) is 15.5. The van der Waals surface area contributed by atoms with Crippen LogP contribution in [0.2, 0.25) is 0 Å². The maximum atomic E-state index is 13.8. The predicted octanol–water partition coefficient (Wildman–Crippen LogP) is 2.71. The van der Waals surface area contributed by atoms with E-state index in [0.29, 0.717) is 12.4 Å². The highest BCUT2D eigenvalue weighted by Crippen LogP contribution is 2.25. The molecular formula is C15H22FN3O2. The molecule has 0 bridgehead atoms. The quantitative estimate of drug-likeness (QED) is 0.931. The van der Waals surface area contributed by atoms with Crippen molar-refractivity contribution in [2.45, 2.75) is 45.3 Å². The average Bonchev–Trinajstić information content (AvgIpc) is 2.83. The van der Waals surface area contributed by atoms with E-state index < -0.39 is 11.7 Å². The fraction of sp³-hybridized carbons (Fsp3) is 0.600. The fourth-order valence-corrected chi connectivity index (χ4v) is 2.43. The van der Waals surface area contributed by atoms with Gasteiger partial charge in [0.15, 0.2) is 11.6 Å². The highest BCUT2D eigenvalue weighted by Gasteiger charge is 2.28. The Hall–Kier alpha value is -1.85. The smallest absolute Gasteiger partial charge is 0.407 e. The van der Waals surface area contributed by atoms with Gasteiger partial charge in [-0.1, -0.05) is 0 Å². The molecule has 0 spiro atoms. The minimum atomic E-state index is -0.521. The molecule has 1 fully saturated rings. The molecule has 1 N–H and O–H groups in total. The molecule has 1 aromatic heterocycles. The molecule has 1 aromatic rings. The van der Waals surface area contributed by atoms with E-state index in [9.17, 15) is 9.18 Å². The Morgan fingerprint density at radius 3 is 3.00 bits per heavy atom. The van der Waals surface area contributed by atoms with Crippen molar-refractivity contribution in [1.82, 2.24) is 10.3 Å². The van der Waals surface area contributed by atoms with E-state index in [1.807, 2.05) is 25.7 Å². The highest BCUT2D eigenvalue weighted by atomic mass is 19.1. The Kier molecular flexibility index (Phi) is 4.65. The van der Waals surface area contributed by atoms with E-state index in [-0.39, 0.29) is 11.9 Å². The number of carbonyl (C=O) groups excluding carboxylic acids is 1. The summed E-state index contributed by atoms with van der Waals surface area (Å²) < 4.78 is 19.0. The largest absolute Gasteiger partial charge is 0.444 e. The van der Waals surface area contributed by atoms with Gasteiger partial charge in [-0.2, -0.15) is 0 Å². The van der Waals surface area contributed by atoms with Gasteiger partial charge in [0.2, 0.25) is 0 Å². The Bertz CT molecular complexity index is 502. The van der Waals surface area contributed by atoms with Crippen LogP contribution in [0.5, 0.6) is 0 Å². The zero-order valence-electron chi connectivity index (χ0n) is 12.7. The summed E-state index contributed by atoms with van der Waals surface area (Å²) >= 11 is 0. The maximum Gasteiger partial charge on any atom is 0.407 e. The molecule has 1 aliphatic rings. The van der Waals surface area contributed by atoms with E-state index in [1.165, 1.54) is 6.07 Å². The second-order valence-electron chi connectivity index (χ2n) is 6.18. The van der Waals surface area contributed by atoms with Crippen molar-refractivity contribution >= 4 is 11.9 Å². The number of pyridine rings is 1. The fourth-order valence-electron chi connectivity index (χ4n) is 2.43. The van der Waals surface area contributed by atoms with Crippen LogP contribution in [-0.2, 0) is 4.74 Å². The first-order valence-corrected chi connectivity index (χ1v) is 7.21. The van der Waals surface area contributed by atoms with Crippen LogP contribution in [0.4, 0.5) is 15.0 Å². The normalized spacial score (nSPS) is 18.7. The van der Waals surface area contributed by atoms with Gasteiger partial charge in [-0.3, -0.25) is 0 Å². The molecule has 6 heteroatoms. The second kappa shape index (κ2) is 6.28. The molecule has 116 valence electrons. The number of alkyl carbamates (subject to hydrolysis) is 1. The number of hydrogen-bond donors (Lipinski definition) is 1. The molecule has 0 aromatic carbocycles. The van der Waals surface area contributed by atoms with Crippen molar-refractivity contribution in [3.63, 3.8) is 0 Å². The van der Waals surface area contributed by atoms with Crippen molar-refractivity contribution in [3.8, 4) is 0 Å². The van der Waals surface area contributed by atoms with E-state index in [1.54, 1.807) is 12.3 Å². The molecule has 2 rings (SSSR count). The number of anilines is 1. The van der Waals surface area contributed by atoms with Crippen LogP contribution in [0.25, 0.3) is 0 Å². The van der Waals surface area contributed by atoms with E-state index >= 15 is 0 Å². The van der Waals surface area contributed by atoms with Crippen LogP contribution in [0, 0.1) is 5.82 Å². The third kappa shape index (κ3) is 4.31. The van der Waals surface area contributed by atoms with Crippen molar-refractivity contribution in [3.05, 3.63) is 24.1 Å². The number of rotatable bonds is 3. The first-order chi connectivity index (χ1) is 9.87. The number of nitrogens with zero attached hydrogens (tertiary/aromatic N) is 2. The second-order valence-corrected chi connectivity index (χ2v) is 6.18. The molecule has 1 aliphatic heterocycles. The van der Waals surface area contributed by atoms with Gasteiger partial charge >= 0.3 is 6.09 Å². The molecule has 0 radical (unpaired) electrons. The third-order valence-corrected chi connectivity index (χ3v) is 3.27. The summed E-state index contributed by atoms with van der Waals surface area (Å²) in [6.45, 7) is 6.62. The summed E-state index contributed by atoms with van der Waals surface area (Å²) in [6, 6.07) is 3.02. The zero-order valence-corrected chi connectivity index (χ0v) is 12.7. The monoisotopic (exact) mass is 295 g/mol. The SMILES string of the molecule is CC(C)(C)OC(=O)NC[C@H]1CCCN1c1ncccc1F. The first-order valence-electron chi connectivity index (χ1n) is 7.21. The lowest BCUT2D eigenvalue weighted by atomic mass is 10.2. The number of halogens is 1. The van der Waals surface area contributed by atoms with Gasteiger partial charge in [-0.15, -0.1) is 0 Å². The van der Waals surface area contributed by atoms with Crippen LogP contribution < -0.4 is 10.2 Å². The lowest BCUT2D eigenvalue weighted by Crippen LogP contribution is -2.42. The lowest BCUT2D eigenvalue weighted by molar-refractivity contribution is 0.0525. The molecule has 21 heavy (non-hydrogen) atoms. The van der Waals surface area contributed by atoms with E-state index in [0.717, 1.165) is 19.4 Å². The summed E-state index contributed by atoms with van der Waals surface area (Å²) in [7, 11) is 0. The summed E-state index contributed by atoms with van der Waals surface area (Å²) in [5.74, 6) is 0.0210. The number of hydrogen-bond acceptors (Lipinski definition) is 4. The van der Waals surface area contributed by atoms with Crippen molar-refractivity contribution in [2.75, 3.05) is 18.0 Å². The number of carbonyl (C=O) groups is 1. The maximum absolute atomic E-state index is 13.8. The molecule has 0 aliphatic carbocycles. The van der Waals surface area contributed by atoms with Gasteiger partial charge in [0.05, 0.1) is 0 Å². The standard InChI is InChI=1S/C15H22FN3O2/c1-15(2,3)21-14(20)18-10-11-6-5-9-19(11)13-12(16)7-4-8-17-13/h4,7-8,11H,5-6,9-10H2,1-3H3,(H,18,20)/t11-/m1/s1. The number of nitrogens with one attached hydrogen (secondary N) is 1. The van der Waals surface area contributed by atoms with Gasteiger partial charge in [-0.25, -0.2) is 14.2 Å². The summed E-state index contributed by atoms with van der Waals surface area (Å²) in [5.41, 5.74) is -0.521. The summed E-state index contributed by atoms with van der Waals surface area (Å²) in [6.07, 6.45) is 2.98. The molecule has 2 heterocycles. The topological polar surface area (TPSA) is 54.5 Å². The van der Waals surface area contributed by atoms with Crippen molar-refractivity contribution in [2.24, 2.45) is 0 Å². The van der Waals surface area contributed by atoms with E-state index in [2.05, 4.69) is 10.3 Å². The highest BCUT2D eigenvalue weighted by molar-refractivity contribution is 5.67. The van der Waals surface area contributed by atoms with Crippen LogP contribution in [0.15, 0.2) is 18.3 Å². The van der Waals surface area contributed by atoms with Crippen LogP contribution in [-0.4, -0.2) is 35.8 Å². The number of amides is 1. The van der Waals surface area contributed by atoms with Crippen LogP contribution in [0.3, 0.4) is 0 Å². The predicted molar refractivity (Wildman–Crippen MR) is 78.8 cm³/mol. The number of ether oxygens (including phenoxy) is 1. The Morgan fingerprint density at radius 2 is 2.33 bits per heavy atom. The van der Waals surface area contributed by atoms with Gasteiger partial charge in [-0.05, 0) is 45.7 Å². The van der Waals surface area contributed by atoms with Gasteiger partial charge < -0.3 is 15.0 Å². The molecule has 1 saturated heterocycles. The third-order valence-electron chi connectivity index (χ3n) is 3.27. The van der Waals surface area contributed by atoms with Crippen molar-refractivity contribution < 1.29 is 13.9 Å². The molecule has 0 saturated carbocycles.